The second-order valence-electron chi connectivity index (χ2n) is 4.42. The topological polar surface area (TPSA) is 102 Å². The van der Waals surface area contributed by atoms with E-state index in [2.05, 4.69) is 15.7 Å². The zero-order chi connectivity index (χ0) is 15.2. The molecule has 7 heteroatoms. The molecule has 110 valence electrons. The summed E-state index contributed by atoms with van der Waals surface area (Å²) in [6.45, 7) is 0.732. The molecule has 0 unspecified atom stereocenters. The molecule has 0 aliphatic rings. The average molecular weight is 287 g/mol. The Bertz CT molecular complexity index is 650. The zero-order valence-corrected chi connectivity index (χ0v) is 11.7. The highest BCUT2D eigenvalue weighted by Crippen LogP contribution is 2.15. The number of carbonyl (C=O) groups excluding carboxylic acids is 2. The van der Waals surface area contributed by atoms with Crippen molar-refractivity contribution in [3.8, 4) is 0 Å². The molecule has 0 radical (unpaired) electrons. The highest BCUT2D eigenvalue weighted by atomic mass is 16.2. The van der Waals surface area contributed by atoms with Crippen LogP contribution in [0.3, 0.4) is 0 Å². The number of nitrogens with two attached hydrogens (primary N) is 1. The van der Waals surface area contributed by atoms with E-state index >= 15 is 0 Å². The van der Waals surface area contributed by atoms with Crippen LogP contribution in [0.2, 0.25) is 0 Å². The third kappa shape index (κ3) is 3.67. The average Bonchev–Trinajstić information content (AvgIpc) is 2.92. The van der Waals surface area contributed by atoms with Crippen molar-refractivity contribution < 1.29 is 9.59 Å². The number of carbonyl (C=O) groups is 2. The first-order chi connectivity index (χ1) is 10.1. The van der Waals surface area contributed by atoms with Crippen LogP contribution in [-0.4, -0.2) is 34.7 Å². The van der Waals surface area contributed by atoms with Gasteiger partial charge in [-0.25, -0.2) is 0 Å². The van der Waals surface area contributed by atoms with E-state index in [1.165, 1.54) is 4.68 Å². The Morgan fingerprint density at radius 3 is 2.67 bits per heavy atom. The predicted octanol–water partition coefficient (Wildman–Crippen LogP) is 0.361. The summed E-state index contributed by atoms with van der Waals surface area (Å²) in [5, 5.41) is 9.38. The number of aryl methyl sites for hydroxylation is 1. The fraction of sp³-hybridized carbons (Fsp3) is 0.214. The largest absolute Gasteiger partial charge is 0.351 e. The molecule has 0 aliphatic heterocycles. The number of nitrogens with zero attached hydrogens (tertiary/aromatic N) is 2. The van der Waals surface area contributed by atoms with Crippen LogP contribution in [0.4, 0.5) is 5.69 Å². The molecule has 0 fully saturated rings. The maximum absolute atomic E-state index is 12.1. The summed E-state index contributed by atoms with van der Waals surface area (Å²) in [6, 6.07) is 8.38. The molecular weight excluding hydrogens is 270 g/mol. The van der Waals surface area contributed by atoms with Gasteiger partial charge in [0, 0.05) is 26.3 Å². The minimum absolute atomic E-state index is 0.280. The fourth-order valence-electron chi connectivity index (χ4n) is 1.79. The van der Waals surface area contributed by atoms with E-state index in [0.717, 1.165) is 0 Å². The number of aromatic nitrogens is 2. The molecule has 0 spiro atoms. The molecule has 0 saturated carbocycles. The number of amides is 2. The van der Waals surface area contributed by atoms with E-state index < -0.39 is 0 Å². The van der Waals surface area contributed by atoms with Gasteiger partial charge in [-0.15, -0.1) is 0 Å². The number of rotatable bonds is 5. The first-order valence-corrected chi connectivity index (χ1v) is 6.50. The van der Waals surface area contributed by atoms with Gasteiger partial charge in [0.05, 0.1) is 11.3 Å². The number of hydrogen-bond donors (Lipinski definition) is 3. The van der Waals surface area contributed by atoms with Gasteiger partial charge in [-0.05, 0) is 18.2 Å². The second-order valence-corrected chi connectivity index (χ2v) is 4.42. The molecule has 0 bridgehead atoms. The van der Waals surface area contributed by atoms with Gasteiger partial charge >= 0.3 is 0 Å². The summed E-state index contributed by atoms with van der Waals surface area (Å²) in [6.07, 6.45) is 1.68. The number of hydrogen-bond acceptors (Lipinski definition) is 4. The summed E-state index contributed by atoms with van der Waals surface area (Å²) >= 11 is 0. The molecule has 1 aromatic heterocycles. The maximum Gasteiger partial charge on any atom is 0.276 e. The summed E-state index contributed by atoms with van der Waals surface area (Å²) in [4.78, 5) is 24.1. The van der Waals surface area contributed by atoms with Gasteiger partial charge in [-0.3, -0.25) is 14.3 Å². The van der Waals surface area contributed by atoms with Crippen molar-refractivity contribution in [2.24, 2.45) is 12.8 Å². The van der Waals surface area contributed by atoms with Crippen LogP contribution in [0.5, 0.6) is 0 Å². The van der Waals surface area contributed by atoms with Gasteiger partial charge < -0.3 is 16.4 Å². The lowest BCUT2D eigenvalue weighted by Crippen LogP contribution is -2.30. The third-order valence-electron chi connectivity index (χ3n) is 2.80. The Morgan fingerprint density at radius 1 is 1.24 bits per heavy atom. The summed E-state index contributed by atoms with van der Waals surface area (Å²) in [5.74, 6) is -0.646. The number of para-hydroxylation sites is 1. The van der Waals surface area contributed by atoms with Crippen molar-refractivity contribution in [2.45, 2.75) is 0 Å². The standard InChI is InChI=1S/C14H17N5O2/c1-19-9-6-12(18-19)14(21)17-11-5-3-2-4-10(11)13(20)16-8-7-15/h2-6,9H,7-8,15H2,1H3,(H,16,20)(H,17,21). The minimum Gasteiger partial charge on any atom is -0.351 e. The van der Waals surface area contributed by atoms with Gasteiger partial charge in [0.1, 0.15) is 0 Å². The van der Waals surface area contributed by atoms with E-state index in [9.17, 15) is 9.59 Å². The van der Waals surface area contributed by atoms with Gasteiger partial charge in [-0.1, -0.05) is 12.1 Å². The van der Waals surface area contributed by atoms with E-state index in [4.69, 9.17) is 5.73 Å². The molecule has 2 rings (SSSR count). The summed E-state index contributed by atoms with van der Waals surface area (Å²) < 4.78 is 1.54. The van der Waals surface area contributed by atoms with Gasteiger partial charge in [0.25, 0.3) is 11.8 Å². The summed E-state index contributed by atoms with van der Waals surface area (Å²) in [7, 11) is 1.73. The highest BCUT2D eigenvalue weighted by molar-refractivity contribution is 6.08. The minimum atomic E-state index is -0.366. The first-order valence-electron chi connectivity index (χ1n) is 6.50. The van der Waals surface area contributed by atoms with Crippen LogP contribution < -0.4 is 16.4 Å². The monoisotopic (exact) mass is 287 g/mol. The maximum atomic E-state index is 12.1. The Morgan fingerprint density at radius 2 is 2.00 bits per heavy atom. The highest BCUT2D eigenvalue weighted by Gasteiger charge is 2.14. The number of benzene rings is 1. The van der Waals surface area contributed by atoms with Crippen LogP contribution in [0.15, 0.2) is 36.5 Å². The molecule has 4 N–H and O–H groups in total. The molecule has 0 atom stereocenters. The Balaban J connectivity index is 2.16. The van der Waals surface area contributed by atoms with Crippen LogP contribution in [0.25, 0.3) is 0 Å². The lowest BCUT2D eigenvalue weighted by atomic mass is 10.1. The van der Waals surface area contributed by atoms with Crippen molar-refractivity contribution in [3.63, 3.8) is 0 Å². The molecule has 1 heterocycles. The summed E-state index contributed by atoms with van der Waals surface area (Å²) in [5.41, 5.74) is 6.46. The number of anilines is 1. The van der Waals surface area contributed by atoms with Crippen molar-refractivity contribution in [1.82, 2.24) is 15.1 Å². The van der Waals surface area contributed by atoms with Gasteiger partial charge in [-0.2, -0.15) is 5.10 Å². The van der Waals surface area contributed by atoms with E-state index in [1.807, 2.05) is 0 Å². The van der Waals surface area contributed by atoms with Crippen LogP contribution >= 0.6 is 0 Å². The lowest BCUT2D eigenvalue weighted by molar-refractivity contribution is 0.0955. The molecular formula is C14H17N5O2. The number of nitrogens with one attached hydrogen (secondary N) is 2. The van der Waals surface area contributed by atoms with Crippen LogP contribution in [0.1, 0.15) is 20.8 Å². The van der Waals surface area contributed by atoms with E-state index in [1.54, 1.807) is 43.6 Å². The Labute approximate surface area is 122 Å². The molecule has 2 aromatic rings. The van der Waals surface area contributed by atoms with Crippen molar-refractivity contribution in [1.29, 1.82) is 0 Å². The molecule has 21 heavy (non-hydrogen) atoms. The molecule has 0 aliphatic carbocycles. The van der Waals surface area contributed by atoms with Crippen LogP contribution in [0, 0.1) is 0 Å². The lowest BCUT2D eigenvalue weighted by Gasteiger charge is -2.10. The van der Waals surface area contributed by atoms with Gasteiger partial charge in [0.2, 0.25) is 0 Å². The van der Waals surface area contributed by atoms with E-state index in [0.29, 0.717) is 24.3 Å². The first kappa shape index (κ1) is 14.7. The fourth-order valence-corrected chi connectivity index (χ4v) is 1.79. The second kappa shape index (κ2) is 6.67. The van der Waals surface area contributed by atoms with Gasteiger partial charge in [0.15, 0.2) is 5.69 Å². The Kier molecular flexibility index (Phi) is 4.68. The molecule has 2 amide bonds. The van der Waals surface area contributed by atoms with Crippen molar-refractivity contribution in [2.75, 3.05) is 18.4 Å². The normalized spacial score (nSPS) is 10.2. The Hall–Kier alpha value is -2.67. The van der Waals surface area contributed by atoms with E-state index in [-0.39, 0.29) is 17.5 Å². The zero-order valence-electron chi connectivity index (χ0n) is 11.7. The molecule has 7 nitrogen and oxygen atoms in total. The van der Waals surface area contributed by atoms with Crippen LogP contribution in [-0.2, 0) is 7.05 Å². The molecule has 0 saturated heterocycles. The predicted molar refractivity (Wildman–Crippen MR) is 79.0 cm³/mol. The third-order valence-corrected chi connectivity index (χ3v) is 2.80. The molecule has 1 aromatic carbocycles. The smallest absolute Gasteiger partial charge is 0.276 e. The van der Waals surface area contributed by atoms with Crippen molar-refractivity contribution >= 4 is 17.5 Å². The SMILES string of the molecule is Cn1ccc(C(=O)Nc2ccccc2C(=O)NCCN)n1. The quantitative estimate of drug-likeness (QED) is 0.739. The van der Waals surface area contributed by atoms with Crippen molar-refractivity contribution in [3.05, 3.63) is 47.8 Å².